The van der Waals surface area contributed by atoms with E-state index in [0.29, 0.717) is 61.8 Å². The minimum atomic E-state index is -0.182. The first-order valence-electron chi connectivity index (χ1n) is 17.9. The first-order valence-corrected chi connectivity index (χ1v) is 17.9. The number of amides is 2. The highest BCUT2D eigenvalue weighted by Gasteiger charge is 2.34. The normalized spacial score (nSPS) is 12.3. The van der Waals surface area contributed by atoms with Gasteiger partial charge in [-0.25, -0.2) is 0 Å². The molecule has 2 aromatic carbocycles. The molecular weight excluding hydrogens is 656 g/mol. The number of hydrogen-bond acceptors (Lipinski definition) is 9. The minimum Gasteiger partial charge on any atom is -0.372 e. The van der Waals surface area contributed by atoms with E-state index in [-0.39, 0.29) is 36.2 Å². The van der Waals surface area contributed by atoms with Crippen molar-refractivity contribution in [2.75, 3.05) is 24.5 Å². The summed E-state index contributed by atoms with van der Waals surface area (Å²) in [7, 11) is 0. The van der Waals surface area contributed by atoms with Crippen molar-refractivity contribution >= 4 is 34.6 Å². The number of pyridine rings is 1. The lowest BCUT2D eigenvalue weighted by Gasteiger charge is -2.21. The zero-order valence-electron chi connectivity index (χ0n) is 30.2. The third kappa shape index (κ3) is 7.91. The molecule has 0 atom stereocenters. The van der Waals surface area contributed by atoms with Crippen LogP contribution in [0.25, 0.3) is 28.0 Å². The third-order valence-electron chi connectivity index (χ3n) is 9.61. The standard InChI is InChI=1S/C40H44N8O4/c1-5-46(6-2)32-16-14-29(15-17-32)37-34-25-47(40(52)38(34)48-22-20-31(26(3)49)23-35(37)48)21-8-7-9-33(50)18-19-36(51)41-24-28-10-12-30(13-11-28)39-44-42-27(4)43-45-39/h10-17,20,22-23H,5-9,18-19,21,24-25H2,1-4H3,(H,41,51). The molecule has 0 saturated heterocycles. The number of nitrogens with one attached hydrogen (secondary N) is 1. The van der Waals surface area contributed by atoms with Crippen molar-refractivity contribution in [1.82, 2.24) is 35.0 Å². The quantitative estimate of drug-likeness (QED) is 0.0968. The molecule has 52 heavy (non-hydrogen) atoms. The number of unbranched alkanes of at least 4 members (excludes halogenated alkanes) is 1. The van der Waals surface area contributed by atoms with Gasteiger partial charge in [-0.2, -0.15) is 0 Å². The number of rotatable bonds is 16. The maximum Gasteiger partial charge on any atom is 0.271 e. The lowest BCUT2D eigenvalue weighted by Crippen LogP contribution is -2.26. The molecule has 12 nitrogen and oxygen atoms in total. The van der Waals surface area contributed by atoms with Gasteiger partial charge in [0.2, 0.25) is 11.7 Å². The van der Waals surface area contributed by atoms with Crippen molar-refractivity contribution in [3.63, 3.8) is 0 Å². The lowest BCUT2D eigenvalue weighted by atomic mass is 10.0. The molecule has 5 aromatic rings. The Morgan fingerprint density at radius 2 is 1.54 bits per heavy atom. The highest BCUT2D eigenvalue weighted by Crippen LogP contribution is 2.39. The van der Waals surface area contributed by atoms with E-state index in [9.17, 15) is 19.2 Å². The summed E-state index contributed by atoms with van der Waals surface area (Å²) in [5.41, 5.74) is 7.83. The van der Waals surface area contributed by atoms with Gasteiger partial charge in [-0.05, 0) is 75.9 Å². The van der Waals surface area contributed by atoms with Gasteiger partial charge >= 0.3 is 0 Å². The number of ketones is 2. The number of aryl methyl sites for hydroxylation is 1. The Balaban J connectivity index is 1.00. The van der Waals surface area contributed by atoms with E-state index in [1.165, 1.54) is 0 Å². The maximum absolute atomic E-state index is 13.8. The maximum atomic E-state index is 13.8. The molecule has 3 aromatic heterocycles. The Bertz CT molecular complexity index is 2090. The first-order chi connectivity index (χ1) is 25.2. The molecule has 4 heterocycles. The van der Waals surface area contributed by atoms with Gasteiger partial charge < -0.3 is 19.5 Å². The van der Waals surface area contributed by atoms with Gasteiger partial charge in [0.05, 0.1) is 5.52 Å². The summed E-state index contributed by atoms with van der Waals surface area (Å²) in [4.78, 5) is 55.3. The zero-order valence-corrected chi connectivity index (χ0v) is 30.2. The second-order valence-electron chi connectivity index (χ2n) is 13.1. The number of benzene rings is 2. The molecule has 0 saturated carbocycles. The van der Waals surface area contributed by atoms with Crippen LogP contribution in [0.4, 0.5) is 5.69 Å². The summed E-state index contributed by atoms with van der Waals surface area (Å²) in [5, 5.41) is 18.8. The van der Waals surface area contributed by atoms with Crippen LogP contribution in [0.5, 0.6) is 0 Å². The first kappa shape index (κ1) is 36.0. The van der Waals surface area contributed by atoms with E-state index in [2.05, 4.69) is 68.7 Å². The van der Waals surface area contributed by atoms with Crippen molar-refractivity contribution in [1.29, 1.82) is 0 Å². The van der Waals surface area contributed by atoms with Crippen LogP contribution in [-0.4, -0.2) is 72.7 Å². The minimum absolute atomic E-state index is 0.0253. The van der Waals surface area contributed by atoms with Crippen LogP contribution < -0.4 is 10.2 Å². The van der Waals surface area contributed by atoms with Gasteiger partial charge in [0, 0.05) is 86.1 Å². The van der Waals surface area contributed by atoms with E-state index in [4.69, 9.17) is 0 Å². The van der Waals surface area contributed by atoms with E-state index >= 15 is 0 Å². The molecule has 0 unspecified atom stereocenters. The zero-order chi connectivity index (χ0) is 36.8. The average molecular weight is 701 g/mol. The van der Waals surface area contributed by atoms with E-state index in [1.54, 1.807) is 19.9 Å². The predicted octanol–water partition coefficient (Wildman–Crippen LogP) is 6.00. The van der Waals surface area contributed by atoms with Gasteiger partial charge in [0.1, 0.15) is 11.5 Å². The molecule has 1 aliphatic heterocycles. The number of anilines is 1. The average Bonchev–Trinajstić information content (AvgIpc) is 3.65. The SMILES string of the molecule is CCN(CC)c1ccc(-c2c3c(n4ccc(C(C)=O)cc24)C(=O)N(CCCCC(=O)CCC(=O)NCc2ccc(-c4nnc(C)nn4)cc2)C3)cc1. The number of fused-ring (bicyclic) bond motifs is 3. The van der Waals surface area contributed by atoms with E-state index < -0.39 is 0 Å². The smallest absolute Gasteiger partial charge is 0.271 e. The third-order valence-corrected chi connectivity index (χ3v) is 9.61. The van der Waals surface area contributed by atoms with Crippen LogP contribution >= 0.6 is 0 Å². The summed E-state index contributed by atoms with van der Waals surface area (Å²) >= 11 is 0. The molecule has 1 aliphatic rings. The molecule has 2 amide bonds. The van der Waals surface area contributed by atoms with Gasteiger partial charge in [0.15, 0.2) is 11.6 Å². The number of hydrogen-bond donors (Lipinski definition) is 1. The van der Waals surface area contributed by atoms with Gasteiger partial charge in [0.25, 0.3) is 5.91 Å². The molecule has 0 fully saturated rings. The fraction of sp³-hybridized carbons (Fsp3) is 0.350. The van der Waals surface area contributed by atoms with Crippen LogP contribution in [0.1, 0.15) is 90.7 Å². The van der Waals surface area contributed by atoms with E-state index in [1.807, 2.05) is 45.8 Å². The van der Waals surface area contributed by atoms with Crippen molar-refractivity contribution in [3.8, 4) is 22.5 Å². The van der Waals surface area contributed by atoms with Gasteiger partial charge in [-0.3, -0.25) is 19.2 Å². The fourth-order valence-electron chi connectivity index (χ4n) is 6.71. The van der Waals surface area contributed by atoms with Crippen molar-refractivity contribution in [3.05, 3.63) is 95.1 Å². The Morgan fingerprint density at radius 3 is 2.21 bits per heavy atom. The largest absolute Gasteiger partial charge is 0.372 e. The molecule has 0 spiro atoms. The molecular formula is C40H44N8O4. The van der Waals surface area contributed by atoms with Crippen molar-refractivity contribution in [2.24, 2.45) is 0 Å². The Morgan fingerprint density at radius 1 is 0.846 bits per heavy atom. The van der Waals surface area contributed by atoms with Gasteiger partial charge in [-0.15, -0.1) is 20.4 Å². The Hall–Kier alpha value is -5.78. The number of aromatic nitrogens is 5. The van der Waals surface area contributed by atoms with Gasteiger partial charge in [-0.1, -0.05) is 36.4 Å². The fourth-order valence-corrected chi connectivity index (χ4v) is 6.71. The molecule has 1 N–H and O–H groups in total. The second kappa shape index (κ2) is 16.1. The molecule has 0 bridgehead atoms. The van der Waals surface area contributed by atoms with E-state index in [0.717, 1.165) is 52.1 Å². The van der Waals surface area contributed by atoms with Crippen molar-refractivity contribution in [2.45, 2.75) is 72.9 Å². The number of nitrogens with zero attached hydrogens (tertiary/aromatic N) is 7. The summed E-state index contributed by atoms with van der Waals surface area (Å²) in [6, 6.07) is 19.5. The van der Waals surface area contributed by atoms with Crippen LogP contribution in [-0.2, 0) is 22.7 Å². The summed E-state index contributed by atoms with van der Waals surface area (Å²) in [6.07, 6.45) is 3.79. The summed E-state index contributed by atoms with van der Waals surface area (Å²) in [6.45, 7) is 10.7. The molecule has 268 valence electrons. The topological polar surface area (TPSA) is 143 Å². The predicted molar refractivity (Wildman–Crippen MR) is 199 cm³/mol. The Labute approximate surface area is 303 Å². The number of carbonyl (C=O) groups excluding carboxylic acids is 4. The van der Waals surface area contributed by atoms with Crippen LogP contribution in [0.3, 0.4) is 0 Å². The summed E-state index contributed by atoms with van der Waals surface area (Å²) in [5.74, 6) is 0.702. The van der Waals surface area contributed by atoms with Crippen molar-refractivity contribution < 1.29 is 19.2 Å². The highest BCUT2D eigenvalue weighted by molar-refractivity contribution is 6.05. The second-order valence-corrected chi connectivity index (χ2v) is 13.1. The van der Waals surface area contributed by atoms with Crippen LogP contribution in [0.15, 0.2) is 66.9 Å². The molecule has 0 aliphatic carbocycles. The molecule has 12 heteroatoms. The number of Topliss-reactive ketones (excluding diaryl/α,β-unsaturated/α-hetero) is 2. The molecule has 6 rings (SSSR count). The number of carbonyl (C=O) groups is 4. The lowest BCUT2D eigenvalue weighted by molar-refractivity contribution is -0.125. The van der Waals surface area contributed by atoms with Crippen LogP contribution in [0.2, 0.25) is 0 Å². The highest BCUT2D eigenvalue weighted by atomic mass is 16.2. The monoisotopic (exact) mass is 700 g/mol. The Kier molecular flexibility index (Phi) is 11.1. The molecule has 0 radical (unpaired) electrons. The van der Waals surface area contributed by atoms with Crippen LogP contribution in [0, 0.1) is 6.92 Å². The summed E-state index contributed by atoms with van der Waals surface area (Å²) < 4.78 is 1.91.